The minimum absolute atomic E-state index is 0.0106. The topological polar surface area (TPSA) is 92.1 Å². The largest absolute Gasteiger partial charge is 0.489 e. The number of hydrogen-bond acceptors (Lipinski definition) is 6. The molecule has 162 valence electrons. The van der Waals surface area contributed by atoms with Gasteiger partial charge in [-0.2, -0.15) is 5.26 Å². The molecule has 30 heavy (non-hydrogen) atoms. The zero-order chi connectivity index (χ0) is 21.8. The van der Waals surface area contributed by atoms with Crippen molar-refractivity contribution in [2.75, 3.05) is 34.4 Å². The molecule has 0 unspecified atom stereocenters. The fraction of sp³-hybridized carbons (Fsp3) is 0.591. The Morgan fingerprint density at radius 3 is 2.67 bits per heavy atom. The van der Waals surface area contributed by atoms with E-state index in [0.29, 0.717) is 13.0 Å². The van der Waals surface area contributed by atoms with Crippen LogP contribution in [0.5, 0.6) is 5.75 Å². The Hall–Kier alpha value is -2.63. The first-order chi connectivity index (χ1) is 14.4. The maximum Gasteiger partial charge on any atom is 0.258 e. The third-order valence-electron chi connectivity index (χ3n) is 6.04. The number of carbonyl (C=O) groups excluding carboxylic acids is 2. The first kappa shape index (κ1) is 22.1. The lowest BCUT2D eigenvalue weighted by Gasteiger charge is -2.37. The molecule has 1 fully saturated rings. The molecule has 0 aromatic heterocycles. The van der Waals surface area contributed by atoms with Crippen molar-refractivity contribution in [1.29, 1.82) is 5.26 Å². The van der Waals surface area contributed by atoms with Crippen molar-refractivity contribution in [1.82, 2.24) is 9.80 Å². The highest BCUT2D eigenvalue weighted by molar-refractivity contribution is 6.00. The number of nitriles is 1. The van der Waals surface area contributed by atoms with Gasteiger partial charge in [-0.25, -0.2) is 0 Å². The molecular formula is C22H29N3O5. The van der Waals surface area contributed by atoms with Crippen molar-refractivity contribution < 1.29 is 23.8 Å². The van der Waals surface area contributed by atoms with Gasteiger partial charge in [0.2, 0.25) is 5.91 Å². The van der Waals surface area contributed by atoms with Crippen LogP contribution < -0.4 is 4.74 Å². The van der Waals surface area contributed by atoms with E-state index in [1.54, 1.807) is 51.2 Å². The van der Waals surface area contributed by atoms with E-state index >= 15 is 0 Å². The van der Waals surface area contributed by atoms with Crippen LogP contribution >= 0.6 is 0 Å². The molecule has 1 aromatic rings. The van der Waals surface area contributed by atoms with Gasteiger partial charge in [-0.3, -0.25) is 9.59 Å². The van der Waals surface area contributed by atoms with Crippen molar-refractivity contribution in [2.45, 2.75) is 50.5 Å². The molecule has 4 atom stereocenters. The van der Waals surface area contributed by atoms with Crippen LogP contribution in [0, 0.1) is 11.3 Å². The zero-order valence-electron chi connectivity index (χ0n) is 18.0. The number of nitrogens with zero attached hydrogens (tertiary/aromatic N) is 3. The summed E-state index contributed by atoms with van der Waals surface area (Å²) in [7, 11) is 4.97. The van der Waals surface area contributed by atoms with E-state index < -0.39 is 6.04 Å². The Balaban J connectivity index is 2.00. The maximum absolute atomic E-state index is 13.2. The molecule has 0 saturated carbocycles. The summed E-state index contributed by atoms with van der Waals surface area (Å²) in [5, 5.41) is 9.55. The van der Waals surface area contributed by atoms with Crippen molar-refractivity contribution in [3.8, 4) is 11.8 Å². The Morgan fingerprint density at radius 2 is 1.97 bits per heavy atom. The molecule has 2 aliphatic heterocycles. The van der Waals surface area contributed by atoms with Crippen LogP contribution in [0.2, 0.25) is 0 Å². The first-order valence-electron chi connectivity index (χ1n) is 10.2. The summed E-state index contributed by atoms with van der Waals surface area (Å²) in [4.78, 5) is 29.1. The maximum atomic E-state index is 13.2. The molecule has 2 bridgehead atoms. The Bertz CT molecular complexity index is 837. The number of hydrogen-bond donors (Lipinski definition) is 0. The second kappa shape index (κ2) is 9.45. The first-order valence-corrected chi connectivity index (χ1v) is 10.2. The van der Waals surface area contributed by atoms with Gasteiger partial charge in [0.25, 0.3) is 5.91 Å². The van der Waals surface area contributed by atoms with E-state index in [9.17, 15) is 14.9 Å². The van der Waals surface area contributed by atoms with Gasteiger partial charge < -0.3 is 24.0 Å². The molecule has 0 radical (unpaired) electrons. The van der Waals surface area contributed by atoms with E-state index in [4.69, 9.17) is 14.2 Å². The van der Waals surface area contributed by atoms with E-state index in [1.165, 1.54) is 4.90 Å². The van der Waals surface area contributed by atoms with Gasteiger partial charge in [0.05, 0.1) is 23.3 Å². The summed E-state index contributed by atoms with van der Waals surface area (Å²) in [6, 6.07) is 6.30. The summed E-state index contributed by atoms with van der Waals surface area (Å²) in [6.07, 6.45) is 1.87. The number of likely N-dealkylation sites (N-methyl/N-ethyl adjacent to an activating group) is 2. The third-order valence-corrected chi connectivity index (χ3v) is 6.04. The average molecular weight is 415 g/mol. The van der Waals surface area contributed by atoms with Crippen LogP contribution in [0.25, 0.3) is 0 Å². The summed E-state index contributed by atoms with van der Waals surface area (Å²) in [5.74, 6) is -0.314. The molecule has 0 N–H and O–H groups in total. The van der Waals surface area contributed by atoms with E-state index in [2.05, 4.69) is 6.07 Å². The molecule has 1 saturated heterocycles. The normalized spacial score (nSPS) is 28.2. The highest BCUT2D eigenvalue weighted by atomic mass is 16.6. The van der Waals surface area contributed by atoms with Gasteiger partial charge in [0, 0.05) is 27.7 Å². The fourth-order valence-electron chi connectivity index (χ4n) is 3.98. The van der Waals surface area contributed by atoms with Crippen LogP contribution in [0.1, 0.15) is 42.1 Å². The van der Waals surface area contributed by atoms with Gasteiger partial charge >= 0.3 is 0 Å². The minimum atomic E-state index is -0.651. The Labute approximate surface area is 177 Å². The molecule has 3 rings (SSSR count). The fourth-order valence-corrected chi connectivity index (χ4v) is 3.98. The minimum Gasteiger partial charge on any atom is -0.489 e. The van der Waals surface area contributed by atoms with Crippen LogP contribution in [0.15, 0.2) is 18.2 Å². The molecule has 0 aliphatic carbocycles. The van der Waals surface area contributed by atoms with Crippen LogP contribution in [0.3, 0.4) is 0 Å². The molecule has 2 aliphatic rings. The number of amides is 2. The Kier molecular flexibility index (Phi) is 6.95. The number of para-hydroxylation sites is 1. The summed E-state index contributed by atoms with van der Waals surface area (Å²) < 4.78 is 17.8. The van der Waals surface area contributed by atoms with E-state index in [0.717, 1.165) is 12.8 Å². The highest BCUT2D eigenvalue weighted by Crippen LogP contribution is 2.29. The number of ether oxygens (including phenoxy) is 3. The van der Waals surface area contributed by atoms with E-state index in [-0.39, 0.29) is 53.6 Å². The molecule has 1 aromatic carbocycles. The molecule has 8 nitrogen and oxygen atoms in total. The zero-order valence-corrected chi connectivity index (χ0v) is 18.0. The number of fused-ring (bicyclic) bond motifs is 3. The SMILES string of the molecule is CO[C@@H]1CC[C@@H]2CCN(C)C(=O)[C@H](C)N(C)C(=O)c3cccc(C#N)c3OC[C@@H]1O2. The van der Waals surface area contributed by atoms with Gasteiger partial charge in [-0.15, -0.1) is 0 Å². The van der Waals surface area contributed by atoms with Crippen molar-refractivity contribution in [3.05, 3.63) is 29.3 Å². The average Bonchev–Trinajstić information content (AvgIpc) is 2.78. The van der Waals surface area contributed by atoms with E-state index in [1.807, 2.05) is 0 Å². The van der Waals surface area contributed by atoms with Crippen molar-refractivity contribution in [2.24, 2.45) is 0 Å². The number of rotatable bonds is 1. The summed E-state index contributed by atoms with van der Waals surface area (Å²) in [5.41, 5.74) is 0.510. The van der Waals surface area contributed by atoms with Gasteiger partial charge in [0.1, 0.15) is 30.6 Å². The molecule has 2 amide bonds. The molecule has 0 spiro atoms. The quantitative estimate of drug-likeness (QED) is 0.695. The predicted octanol–water partition coefficient (Wildman–Crippen LogP) is 1.82. The Morgan fingerprint density at radius 1 is 1.20 bits per heavy atom. The standard InChI is InChI=1S/C22H29N3O5/c1-14-21(26)24(2)11-10-16-8-9-18(28-4)19(30-16)13-29-20-15(12-23)6-5-7-17(20)22(27)25(14)3/h5-7,14,16,18-19H,8-11,13H2,1-4H3/t14-,16+,18+,19-/m0/s1. The van der Waals surface area contributed by atoms with Crippen LogP contribution in [-0.4, -0.2) is 80.3 Å². The lowest BCUT2D eigenvalue weighted by Crippen LogP contribution is -2.48. The predicted molar refractivity (Wildman–Crippen MR) is 109 cm³/mol. The van der Waals surface area contributed by atoms with Gasteiger partial charge in [-0.05, 0) is 38.3 Å². The van der Waals surface area contributed by atoms with Crippen LogP contribution in [0.4, 0.5) is 0 Å². The van der Waals surface area contributed by atoms with Crippen molar-refractivity contribution >= 4 is 11.8 Å². The lowest BCUT2D eigenvalue weighted by molar-refractivity contribution is -0.146. The summed E-state index contributed by atoms with van der Waals surface area (Å²) in [6.45, 7) is 2.41. The lowest BCUT2D eigenvalue weighted by atomic mass is 9.99. The second-order valence-electron chi connectivity index (χ2n) is 7.89. The molecule has 8 heteroatoms. The summed E-state index contributed by atoms with van der Waals surface area (Å²) >= 11 is 0. The van der Waals surface area contributed by atoms with Gasteiger partial charge in [-0.1, -0.05) is 6.07 Å². The van der Waals surface area contributed by atoms with Crippen molar-refractivity contribution in [3.63, 3.8) is 0 Å². The smallest absolute Gasteiger partial charge is 0.258 e. The number of benzene rings is 1. The number of carbonyl (C=O) groups is 2. The second-order valence-corrected chi connectivity index (χ2v) is 7.89. The monoisotopic (exact) mass is 415 g/mol. The highest BCUT2D eigenvalue weighted by Gasteiger charge is 2.34. The molecule has 2 heterocycles. The van der Waals surface area contributed by atoms with Gasteiger partial charge in [0.15, 0.2) is 0 Å². The number of methoxy groups -OCH3 is 1. The van der Waals surface area contributed by atoms with Crippen LogP contribution in [-0.2, 0) is 14.3 Å². The third kappa shape index (κ3) is 4.42. The molecular weight excluding hydrogens is 386 g/mol.